The van der Waals surface area contributed by atoms with Crippen molar-refractivity contribution in [2.75, 3.05) is 26.2 Å². The minimum Gasteiger partial charge on any atom is -0.341 e. The van der Waals surface area contributed by atoms with Crippen LogP contribution in [0.2, 0.25) is 0 Å². The third-order valence-corrected chi connectivity index (χ3v) is 5.15. The summed E-state index contributed by atoms with van der Waals surface area (Å²) in [6, 6.07) is 0. The Hall–Kier alpha value is -0.780. The van der Waals surface area contributed by atoms with Crippen molar-refractivity contribution in [1.82, 2.24) is 9.80 Å². The lowest BCUT2D eigenvalue weighted by molar-refractivity contribution is -0.226. The molecule has 0 bridgehead atoms. The molecule has 0 radical (unpaired) electrons. The van der Waals surface area contributed by atoms with Gasteiger partial charge in [-0.25, -0.2) is 0 Å². The van der Waals surface area contributed by atoms with Crippen LogP contribution in [0.15, 0.2) is 0 Å². The molecule has 0 aliphatic carbocycles. The number of carbonyl (C=O) groups is 1. The number of likely N-dealkylation sites (tertiary alicyclic amines) is 2. The third-order valence-electron chi connectivity index (χ3n) is 5.15. The van der Waals surface area contributed by atoms with Gasteiger partial charge < -0.3 is 4.90 Å². The van der Waals surface area contributed by atoms with Gasteiger partial charge in [-0.3, -0.25) is 9.69 Å². The van der Waals surface area contributed by atoms with Crippen LogP contribution < -0.4 is 0 Å². The SMILES string of the molecule is CCC[C@@]1(C(F)(F)F)CCCN1CC(=O)N1CCC[C@H](C)C1. The van der Waals surface area contributed by atoms with E-state index in [0.29, 0.717) is 38.4 Å². The second kappa shape index (κ2) is 6.77. The van der Waals surface area contributed by atoms with Gasteiger partial charge in [0.2, 0.25) is 5.91 Å². The molecule has 2 heterocycles. The van der Waals surface area contributed by atoms with Crippen LogP contribution in [-0.4, -0.2) is 53.6 Å². The van der Waals surface area contributed by atoms with Gasteiger partial charge in [-0.2, -0.15) is 13.2 Å². The number of halogens is 3. The lowest BCUT2D eigenvalue weighted by Gasteiger charge is -2.41. The first-order valence-corrected chi connectivity index (χ1v) is 8.39. The summed E-state index contributed by atoms with van der Waals surface area (Å²) in [5.74, 6) is 0.303. The highest BCUT2D eigenvalue weighted by Crippen LogP contribution is 2.46. The normalized spacial score (nSPS) is 30.8. The van der Waals surface area contributed by atoms with E-state index in [0.717, 1.165) is 12.8 Å². The first kappa shape index (κ1) is 17.6. The lowest BCUT2D eigenvalue weighted by Crippen LogP contribution is -2.58. The summed E-state index contributed by atoms with van der Waals surface area (Å²) in [5.41, 5.74) is -1.79. The fourth-order valence-electron chi connectivity index (χ4n) is 4.00. The second-order valence-corrected chi connectivity index (χ2v) is 6.89. The van der Waals surface area contributed by atoms with Crippen molar-refractivity contribution in [1.29, 1.82) is 0 Å². The third kappa shape index (κ3) is 3.42. The maximum absolute atomic E-state index is 13.6. The number of nitrogens with zero attached hydrogens (tertiary/aromatic N) is 2. The first-order valence-electron chi connectivity index (χ1n) is 8.39. The van der Waals surface area contributed by atoms with E-state index in [2.05, 4.69) is 6.92 Å². The smallest absolute Gasteiger partial charge is 0.341 e. The van der Waals surface area contributed by atoms with Crippen molar-refractivity contribution in [3.05, 3.63) is 0 Å². The molecule has 0 aromatic heterocycles. The molecule has 2 rings (SSSR count). The zero-order chi connectivity index (χ0) is 16.4. The molecule has 2 fully saturated rings. The molecule has 2 aliphatic heterocycles. The van der Waals surface area contributed by atoms with Crippen molar-refractivity contribution in [2.24, 2.45) is 5.92 Å². The maximum atomic E-state index is 13.6. The van der Waals surface area contributed by atoms with Crippen molar-refractivity contribution < 1.29 is 18.0 Å². The molecule has 0 spiro atoms. The Balaban J connectivity index is 2.08. The van der Waals surface area contributed by atoms with Crippen molar-refractivity contribution >= 4 is 5.91 Å². The molecule has 128 valence electrons. The monoisotopic (exact) mass is 320 g/mol. The molecule has 2 atom stereocenters. The molecule has 2 aliphatic rings. The molecule has 22 heavy (non-hydrogen) atoms. The molecular weight excluding hydrogens is 293 g/mol. The van der Waals surface area contributed by atoms with Gasteiger partial charge in [-0.05, 0) is 44.6 Å². The lowest BCUT2D eigenvalue weighted by atomic mass is 9.89. The van der Waals surface area contributed by atoms with Crippen LogP contribution in [0.1, 0.15) is 52.4 Å². The van der Waals surface area contributed by atoms with Crippen LogP contribution >= 0.6 is 0 Å². The van der Waals surface area contributed by atoms with Gasteiger partial charge >= 0.3 is 6.18 Å². The molecular formula is C16H27F3N2O. The second-order valence-electron chi connectivity index (χ2n) is 6.89. The summed E-state index contributed by atoms with van der Waals surface area (Å²) in [6.45, 7) is 5.51. The molecule has 3 nitrogen and oxygen atoms in total. The number of rotatable bonds is 4. The minimum absolute atomic E-state index is 0.0835. The van der Waals surface area contributed by atoms with Crippen molar-refractivity contribution in [3.63, 3.8) is 0 Å². The summed E-state index contributed by atoms with van der Waals surface area (Å²) >= 11 is 0. The largest absolute Gasteiger partial charge is 0.406 e. The fourth-order valence-corrected chi connectivity index (χ4v) is 4.00. The molecule has 0 saturated carbocycles. The van der Waals surface area contributed by atoms with Crippen LogP contribution in [0.5, 0.6) is 0 Å². The summed E-state index contributed by atoms with van der Waals surface area (Å²) in [7, 11) is 0. The predicted octanol–water partition coefficient (Wildman–Crippen LogP) is 3.44. The summed E-state index contributed by atoms with van der Waals surface area (Å²) in [5, 5.41) is 0. The predicted molar refractivity (Wildman–Crippen MR) is 79.5 cm³/mol. The van der Waals surface area contributed by atoms with Gasteiger partial charge in [0.15, 0.2) is 0 Å². The van der Waals surface area contributed by atoms with E-state index in [4.69, 9.17) is 0 Å². The van der Waals surface area contributed by atoms with Crippen LogP contribution in [0.25, 0.3) is 0 Å². The van der Waals surface area contributed by atoms with Crippen LogP contribution in [0, 0.1) is 5.92 Å². The topological polar surface area (TPSA) is 23.6 Å². The van der Waals surface area contributed by atoms with Gasteiger partial charge in [0, 0.05) is 13.1 Å². The van der Waals surface area contributed by atoms with E-state index >= 15 is 0 Å². The molecule has 0 aromatic carbocycles. The number of amides is 1. The Bertz CT molecular complexity index is 399. The number of alkyl halides is 3. The highest BCUT2D eigenvalue weighted by Gasteiger charge is 2.59. The fraction of sp³-hybridized carbons (Fsp3) is 0.938. The first-order chi connectivity index (χ1) is 10.3. The zero-order valence-electron chi connectivity index (χ0n) is 13.6. The Kier molecular flexibility index (Phi) is 5.41. The minimum atomic E-state index is -4.27. The van der Waals surface area contributed by atoms with E-state index in [1.165, 1.54) is 4.90 Å². The van der Waals surface area contributed by atoms with E-state index in [9.17, 15) is 18.0 Å². The van der Waals surface area contributed by atoms with Crippen LogP contribution in [-0.2, 0) is 4.79 Å². The van der Waals surface area contributed by atoms with Crippen LogP contribution in [0.3, 0.4) is 0 Å². The number of piperidine rings is 1. The summed E-state index contributed by atoms with van der Waals surface area (Å²) in [6.07, 6.45) is -1.03. The van der Waals surface area contributed by atoms with E-state index in [1.54, 1.807) is 11.8 Å². The van der Waals surface area contributed by atoms with Crippen molar-refractivity contribution in [3.8, 4) is 0 Å². The molecule has 2 saturated heterocycles. The zero-order valence-corrected chi connectivity index (χ0v) is 13.6. The average molecular weight is 320 g/mol. The average Bonchev–Trinajstić information content (AvgIpc) is 2.83. The summed E-state index contributed by atoms with van der Waals surface area (Å²) < 4.78 is 40.9. The Morgan fingerprint density at radius 2 is 2.00 bits per heavy atom. The van der Waals surface area contributed by atoms with E-state index in [1.807, 2.05) is 0 Å². The van der Waals surface area contributed by atoms with Gasteiger partial charge in [-0.15, -0.1) is 0 Å². The quantitative estimate of drug-likeness (QED) is 0.792. The van der Waals surface area contributed by atoms with Gasteiger partial charge in [0.25, 0.3) is 0 Å². The standard InChI is InChI=1S/C16H27F3N2O/c1-3-7-15(16(17,18)19)8-5-10-21(15)12-14(22)20-9-4-6-13(2)11-20/h13H,3-12H2,1-2H3/t13-,15-/m0/s1. The highest BCUT2D eigenvalue weighted by atomic mass is 19.4. The van der Waals surface area contributed by atoms with Gasteiger partial charge in [0.1, 0.15) is 5.54 Å². The molecule has 6 heteroatoms. The Labute approximate surface area is 130 Å². The highest BCUT2D eigenvalue weighted by molar-refractivity contribution is 5.78. The maximum Gasteiger partial charge on any atom is 0.406 e. The van der Waals surface area contributed by atoms with Crippen LogP contribution in [0.4, 0.5) is 13.2 Å². The number of carbonyl (C=O) groups excluding carboxylic acids is 1. The molecule has 1 amide bonds. The molecule has 0 aromatic rings. The van der Waals surface area contributed by atoms with Gasteiger partial charge in [0.05, 0.1) is 6.54 Å². The van der Waals surface area contributed by atoms with Gasteiger partial charge in [-0.1, -0.05) is 20.3 Å². The number of hydrogen-bond donors (Lipinski definition) is 0. The Morgan fingerprint density at radius 1 is 1.27 bits per heavy atom. The Morgan fingerprint density at radius 3 is 2.59 bits per heavy atom. The van der Waals surface area contributed by atoms with E-state index < -0.39 is 11.7 Å². The number of hydrogen-bond acceptors (Lipinski definition) is 2. The molecule has 0 unspecified atom stereocenters. The van der Waals surface area contributed by atoms with Crippen molar-refractivity contribution in [2.45, 2.75) is 64.1 Å². The summed E-state index contributed by atoms with van der Waals surface area (Å²) in [4.78, 5) is 15.6. The van der Waals surface area contributed by atoms with E-state index in [-0.39, 0.29) is 25.3 Å². The molecule has 0 N–H and O–H groups in total.